The summed E-state index contributed by atoms with van der Waals surface area (Å²) >= 11 is 0. The van der Waals surface area contributed by atoms with Crippen molar-refractivity contribution in [2.45, 2.75) is 13.0 Å². The maximum Gasteiger partial charge on any atom is 0.337 e. The largest absolute Gasteiger partial charge is 0.493 e. The molecule has 0 saturated heterocycles. The number of methoxy groups -OCH3 is 5. The van der Waals surface area contributed by atoms with Gasteiger partial charge in [0.2, 0.25) is 5.75 Å². The molecule has 2 aromatic carbocycles. The van der Waals surface area contributed by atoms with E-state index in [9.17, 15) is 14.4 Å². The molecule has 208 valence electrons. The monoisotopic (exact) mass is 542 g/mol. The molecular weight excluding hydrogens is 512 g/mol. The molecule has 0 saturated carbocycles. The molecule has 1 aliphatic heterocycles. The molecule has 3 amide bonds. The van der Waals surface area contributed by atoms with Gasteiger partial charge in [-0.2, -0.15) is 5.10 Å². The number of hydrogen-bond donors (Lipinski definition) is 3. The summed E-state index contributed by atoms with van der Waals surface area (Å²) in [6, 6.07) is 6.92. The Morgan fingerprint density at radius 3 is 2.21 bits per heavy atom. The molecule has 1 heterocycles. The van der Waals surface area contributed by atoms with E-state index < -0.39 is 23.9 Å². The first-order chi connectivity index (χ1) is 18.8. The van der Waals surface area contributed by atoms with Crippen molar-refractivity contribution in [2.24, 2.45) is 5.10 Å². The molecule has 1 aliphatic rings. The second kappa shape index (κ2) is 13.0. The summed E-state index contributed by atoms with van der Waals surface area (Å²) in [6.07, 6.45) is 1.42. The molecule has 0 radical (unpaired) electrons. The molecule has 13 heteroatoms. The first-order valence-electron chi connectivity index (χ1n) is 11.5. The Morgan fingerprint density at radius 2 is 1.62 bits per heavy atom. The quantitative estimate of drug-likeness (QED) is 0.220. The van der Waals surface area contributed by atoms with E-state index in [4.69, 9.17) is 28.4 Å². The number of esters is 1. The Morgan fingerprint density at radius 1 is 0.949 bits per heavy atom. The number of rotatable bonds is 11. The van der Waals surface area contributed by atoms with Crippen LogP contribution in [0.25, 0.3) is 0 Å². The van der Waals surface area contributed by atoms with Crippen molar-refractivity contribution >= 4 is 24.1 Å². The third-order valence-corrected chi connectivity index (χ3v) is 5.64. The first kappa shape index (κ1) is 28.6. The fourth-order valence-corrected chi connectivity index (χ4v) is 3.84. The van der Waals surface area contributed by atoms with Crippen LogP contribution < -0.4 is 39.7 Å². The zero-order chi connectivity index (χ0) is 28.5. The average molecular weight is 543 g/mol. The van der Waals surface area contributed by atoms with Crippen LogP contribution >= 0.6 is 0 Å². The molecule has 13 nitrogen and oxygen atoms in total. The van der Waals surface area contributed by atoms with Gasteiger partial charge in [0.15, 0.2) is 29.6 Å². The van der Waals surface area contributed by atoms with Crippen molar-refractivity contribution in [1.29, 1.82) is 0 Å². The van der Waals surface area contributed by atoms with Gasteiger partial charge >= 0.3 is 12.0 Å². The number of nitrogens with zero attached hydrogens (tertiary/aromatic N) is 1. The smallest absolute Gasteiger partial charge is 0.337 e. The lowest BCUT2D eigenvalue weighted by atomic mass is 9.95. The number of allylic oxidation sites excluding steroid dienone is 1. The van der Waals surface area contributed by atoms with E-state index in [1.54, 1.807) is 37.3 Å². The Labute approximate surface area is 225 Å². The van der Waals surface area contributed by atoms with Crippen molar-refractivity contribution in [3.63, 3.8) is 0 Å². The van der Waals surface area contributed by atoms with Crippen LogP contribution in [0.15, 0.2) is 46.7 Å². The van der Waals surface area contributed by atoms with E-state index in [2.05, 4.69) is 21.2 Å². The van der Waals surface area contributed by atoms with Gasteiger partial charge in [-0.3, -0.25) is 4.79 Å². The molecule has 0 aliphatic carbocycles. The van der Waals surface area contributed by atoms with Gasteiger partial charge in [-0.1, -0.05) is 6.07 Å². The number of carbonyl (C=O) groups is 3. The number of ether oxygens (including phenoxy) is 6. The number of carbonyl (C=O) groups excluding carboxylic acids is 3. The van der Waals surface area contributed by atoms with Gasteiger partial charge in [-0.15, -0.1) is 0 Å². The lowest BCUT2D eigenvalue weighted by Gasteiger charge is -2.28. The Balaban J connectivity index is 1.68. The summed E-state index contributed by atoms with van der Waals surface area (Å²) in [5.74, 6) is 0.759. The summed E-state index contributed by atoms with van der Waals surface area (Å²) in [6.45, 7) is 1.24. The maximum absolute atomic E-state index is 12.3. The van der Waals surface area contributed by atoms with Crippen LogP contribution in [-0.4, -0.2) is 66.3 Å². The highest BCUT2D eigenvalue weighted by atomic mass is 16.5. The molecule has 39 heavy (non-hydrogen) atoms. The van der Waals surface area contributed by atoms with Crippen molar-refractivity contribution < 1.29 is 42.8 Å². The molecule has 0 spiro atoms. The second-order valence-electron chi connectivity index (χ2n) is 8.01. The Hall–Kier alpha value is -4.94. The highest BCUT2D eigenvalue weighted by Crippen LogP contribution is 2.38. The highest BCUT2D eigenvalue weighted by Gasteiger charge is 2.32. The molecule has 3 rings (SSSR count). The van der Waals surface area contributed by atoms with Crippen LogP contribution in [0.3, 0.4) is 0 Å². The number of amides is 3. The zero-order valence-electron chi connectivity index (χ0n) is 22.4. The van der Waals surface area contributed by atoms with Gasteiger partial charge in [0.1, 0.15) is 0 Å². The van der Waals surface area contributed by atoms with E-state index in [1.165, 1.54) is 41.8 Å². The topological polar surface area (TPSA) is 155 Å². The van der Waals surface area contributed by atoms with Gasteiger partial charge in [0.05, 0.1) is 53.4 Å². The third kappa shape index (κ3) is 6.69. The van der Waals surface area contributed by atoms with E-state index in [0.717, 1.165) is 0 Å². The second-order valence-corrected chi connectivity index (χ2v) is 8.01. The van der Waals surface area contributed by atoms with E-state index >= 15 is 0 Å². The summed E-state index contributed by atoms with van der Waals surface area (Å²) in [5, 5.41) is 9.20. The minimum atomic E-state index is -0.776. The van der Waals surface area contributed by atoms with Gasteiger partial charge in [-0.05, 0) is 36.8 Å². The first-order valence-corrected chi connectivity index (χ1v) is 11.5. The van der Waals surface area contributed by atoms with Crippen molar-refractivity contribution in [3.8, 4) is 28.7 Å². The van der Waals surface area contributed by atoms with E-state index in [-0.39, 0.29) is 23.7 Å². The van der Waals surface area contributed by atoms with Gasteiger partial charge in [0, 0.05) is 11.3 Å². The lowest BCUT2D eigenvalue weighted by Crippen LogP contribution is -2.45. The minimum absolute atomic E-state index is 0.247. The van der Waals surface area contributed by atoms with Crippen LogP contribution in [0.2, 0.25) is 0 Å². The predicted octanol–water partition coefficient (Wildman–Crippen LogP) is 2.05. The van der Waals surface area contributed by atoms with Crippen molar-refractivity contribution in [1.82, 2.24) is 16.1 Å². The van der Waals surface area contributed by atoms with E-state index in [0.29, 0.717) is 34.1 Å². The maximum atomic E-state index is 12.3. The van der Waals surface area contributed by atoms with Crippen molar-refractivity contribution in [2.75, 3.05) is 42.2 Å². The molecular formula is C26H30N4O9. The van der Waals surface area contributed by atoms with Gasteiger partial charge in [0.25, 0.3) is 5.91 Å². The van der Waals surface area contributed by atoms with Crippen LogP contribution in [0, 0.1) is 0 Å². The number of benzene rings is 2. The fourth-order valence-electron chi connectivity index (χ4n) is 3.84. The van der Waals surface area contributed by atoms with Gasteiger partial charge in [-0.25, -0.2) is 15.0 Å². The van der Waals surface area contributed by atoms with E-state index in [1.807, 2.05) is 0 Å². The number of hydrogen-bond acceptors (Lipinski definition) is 10. The van der Waals surface area contributed by atoms with Crippen LogP contribution in [0.4, 0.5) is 4.79 Å². The standard InChI is InChI=1S/C26H30N4O9/c1-14-22(25(32)38-6)23(29-26(33)28-14)16-7-8-17(18(11-16)34-2)39-13-21(31)30-27-12-15-9-19(35-3)24(37-5)20(10-15)36-4/h7-12,23H,13H2,1-6H3,(H,30,31)(H2,28,29,33)/b27-12-/t23-/m0/s1. The van der Waals surface area contributed by atoms with Crippen molar-refractivity contribution in [3.05, 3.63) is 52.7 Å². The summed E-state index contributed by atoms with van der Waals surface area (Å²) < 4.78 is 31.8. The lowest BCUT2D eigenvalue weighted by molar-refractivity contribution is -0.136. The fraction of sp³-hybridized carbons (Fsp3) is 0.308. The Bertz CT molecular complexity index is 1280. The SMILES string of the molecule is COC(=O)C1=C(C)NC(=O)N[C@H]1c1ccc(OCC(=O)N/N=C\c2cc(OC)c(OC)c(OC)c2)c(OC)c1. The molecule has 0 unspecified atom stereocenters. The average Bonchev–Trinajstić information content (AvgIpc) is 2.94. The summed E-state index contributed by atoms with van der Waals surface area (Å²) in [7, 11) is 7.18. The molecule has 0 bridgehead atoms. The summed E-state index contributed by atoms with van der Waals surface area (Å²) in [5.41, 5.74) is 4.15. The third-order valence-electron chi connectivity index (χ3n) is 5.64. The molecule has 1 atom stereocenters. The molecule has 2 aromatic rings. The van der Waals surface area contributed by atoms with Crippen LogP contribution in [-0.2, 0) is 14.3 Å². The van der Waals surface area contributed by atoms with Crippen LogP contribution in [0.5, 0.6) is 28.7 Å². The number of urea groups is 1. The Kier molecular flexibility index (Phi) is 9.57. The minimum Gasteiger partial charge on any atom is -0.493 e. The molecule has 3 N–H and O–H groups in total. The summed E-state index contributed by atoms with van der Waals surface area (Å²) in [4.78, 5) is 36.7. The normalized spacial score (nSPS) is 14.7. The number of hydrazone groups is 1. The number of nitrogens with one attached hydrogen (secondary N) is 3. The zero-order valence-corrected chi connectivity index (χ0v) is 22.4. The van der Waals surface area contributed by atoms with Crippen LogP contribution in [0.1, 0.15) is 24.1 Å². The molecule has 0 aromatic heterocycles. The van der Waals surface area contributed by atoms with Gasteiger partial charge < -0.3 is 39.1 Å². The predicted molar refractivity (Wildman–Crippen MR) is 139 cm³/mol. The highest BCUT2D eigenvalue weighted by molar-refractivity contribution is 5.95. The molecule has 0 fully saturated rings.